The van der Waals surface area contributed by atoms with Crippen molar-refractivity contribution in [3.63, 3.8) is 0 Å². The Morgan fingerprint density at radius 2 is 1.92 bits per heavy atom. The van der Waals surface area contributed by atoms with Crippen LogP contribution in [0.2, 0.25) is 0 Å². The molecule has 5 nitrogen and oxygen atoms in total. The fourth-order valence-corrected chi connectivity index (χ4v) is 0.175. The highest BCUT2D eigenvalue weighted by Gasteiger charge is 2.05. The first-order valence-corrected chi connectivity index (χ1v) is 3.51. The molecule has 0 saturated heterocycles. The van der Waals surface area contributed by atoms with Crippen LogP contribution < -0.4 is 5.73 Å². The summed E-state index contributed by atoms with van der Waals surface area (Å²) in [4.78, 5) is 19.3. The first kappa shape index (κ1) is 13.3. The van der Waals surface area contributed by atoms with Crippen LogP contribution in [0.25, 0.3) is 0 Å². The molecule has 0 saturated carbocycles. The number of carbonyl (C=O) groups excluding carboxylic acids is 1. The number of carbonyl (C=O) groups is 2. The zero-order valence-corrected chi connectivity index (χ0v) is 7.53. The largest absolute Gasteiger partial charge is 0.481 e. The Balaban J connectivity index is 0. The lowest BCUT2D eigenvalue weighted by atomic mass is 10.1. The fraction of sp³-hybridized carbons (Fsp3) is 0.714. The van der Waals surface area contributed by atoms with Crippen LogP contribution in [0.15, 0.2) is 0 Å². The normalized spacial score (nSPS) is 10.6. The van der Waals surface area contributed by atoms with E-state index in [1.54, 1.807) is 6.92 Å². The number of ether oxygens (including phenoxy) is 1. The Labute approximate surface area is 71.5 Å². The predicted octanol–water partition coefficient (Wildman–Crippen LogP) is 0.829. The van der Waals surface area contributed by atoms with Crippen LogP contribution in [-0.4, -0.2) is 24.3 Å². The van der Waals surface area contributed by atoms with Crippen LogP contribution in [0.5, 0.6) is 0 Å². The average molecular weight is 177 g/mol. The molecule has 0 aliphatic carbocycles. The van der Waals surface area contributed by atoms with E-state index >= 15 is 0 Å². The van der Waals surface area contributed by atoms with Crippen molar-refractivity contribution < 1.29 is 19.4 Å². The number of carboxylic acids is 1. The summed E-state index contributed by atoms with van der Waals surface area (Å²) in [7, 11) is 1.22. The zero-order valence-electron chi connectivity index (χ0n) is 7.53. The molecule has 0 fully saturated rings. The van der Waals surface area contributed by atoms with E-state index in [0.29, 0.717) is 0 Å². The van der Waals surface area contributed by atoms with E-state index in [0.717, 1.165) is 6.42 Å². The molecule has 0 radical (unpaired) electrons. The monoisotopic (exact) mass is 177 g/mol. The lowest BCUT2D eigenvalue weighted by molar-refractivity contribution is -0.141. The third-order valence-electron chi connectivity index (χ3n) is 1.24. The number of aliphatic carboxylic acids is 1. The Morgan fingerprint density at radius 3 is 1.92 bits per heavy atom. The van der Waals surface area contributed by atoms with Gasteiger partial charge in [-0.3, -0.25) is 4.79 Å². The van der Waals surface area contributed by atoms with Crippen LogP contribution in [0.4, 0.5) is 4.79 Å². The van der Waals surface area contributed by atoms with Crippen molar-refractivity contribution >= 4 is 12.1 Å². The van der Waals surface area contributed by atoms with Crippen molar-refractivity contribution in [3.8, 4) is 0 Å². The van der Waals surface area contributed by atoms with Gasteiger partial charge in [0.05, 0.1) is 13.0 Å². The van der Waals surface area contributed by atoms with Crippen LogP contribution in [-0.2, 0) is 9.53 Å². The molecule has 0 aliphatic heterocycles. The van der Waals surface area contributed by atoms with E-state index < -0.39 is 12.1 Å². The Bertz CT molecular complexity index is 146. The molecule has 0 bridgehead atoms. The summed E-state index contributed by atoms with van der Waals surface area (Å²) < 4.78 is 3.89. The highest BCUT2D eigenvalue weighted by Crippen LogP contribution is 1.97. The fourth-order valence-electron chi connectivity index (χ4n) is 0.175. The van der Waals surface area contributed by atoms with Gasteiger partial charge in [0, 0.05) is 0 Å². The number of nitrogens with two attached hydrogens (primary N) is 1. The van der Waals surface area contributed by atoms with Gasteiger partial charge in [-0.1, -0.05) is 13.8 Å². The third kappa shape index (κ3) is 11.5. The van der Waals surface area contributed by atoms with E-state index in [9.17, 15) is 9.59 Å². The van der Waals surface area contributed by atoms with Crippen molar-refractivity contribution in [2.75, 3.05) is 7.11 Å². The molecule has 1 amide bonds. The summed E-state index contributed by atoms with van der Waals surface area (Å²) in [6.07, 6.45) is -0.0278. The second kappa shape index (κ2) is 7.84. The molecule has 1 atom stereocenters. The van der Waals surface area contributed by atoms with E-state index in [-0.39, 0.29) is 5.92 Å². The molecule has 72 valence electrons. The highest BCUT2D eigenvalue weighted by molar-refractivity contribution is 5.69. The van der Waals surface area contributed by atoms with Gasteiger partial charge >= 0.3 is 12.1 Å². The molecule has 1 unspecified atom stereocenters. The van der Waals surface area contributed by atoms with Gasteiger partial charge in [0.2, 0.25) is 0 Å². The minimum Gasteiger partial charge on any atom is -0.481 e. The van der Waals surface area contributed by atoms with Gasteiger partial charge in [-0.05, 0) is 6.42 Å². The molecule has 5 heteroatoms. The summed E-state index contributed by atoms with van der Waals surface area (Å²) in [5, 5.41) is 8.18. The Morgan fingerprint density at radius 1 is 1.58 bits per heavy atom. The van der Waals surface area contributed by atoms with Gasteiger partial charge < -0.3 is 15.6 Å². The SMILES string of the molecule is CCC(C)C(=O)O.COC(N)=O. The number of amides is 1. The maximum absolute atomic E-state index is 9.93. The van der Waals surface area contributed by atoms with E-state index in [4.69, 9.17) is 5.11 Å². The standard InChI is InChI=1S/C5H10O2.C2H5NO2/c1-3-4(2)5(6)7;1-5-2(3)4/h4H,3H2,1-2H3,(H,6,7);1H3,(H2,3,4). The van der Waals surface area contributed by atoms with Crippen molar-refractivity contribution in [1.29, 1.82) is 0 Å². The van der Waals surface area contributed by atoms with Gasteiger partial charge in [0.1, 0.15) is 0 Å². The van der Waals surface area contributed by atoms with Crippen molar-refractivity contribution in [2.45, 2.75) is 20.3 Å². The maximum Gasteiger partial charge on any atom is 0.404 e. The second-order valence-electron chi connectivity index (χ2n) is 2.17. The van der Waals surface area contributed by atoms with Gasteiger partial charge in [-0.15, -0.1) is 0 Å². The average Bonchev–Trinajstić information content (AvgIpc) is 2.04. The summed E-state index contributed by atoms with van der Waals surface area (Å²) in [5.41, 5.74) is 4.43. The van der Waals surface area contributed by atoms with Crippen LogP contribution >= 0.6 is 0 Å². The number of hydrogen-bond acceptors (Lipinski definition) is 3. The highest BCUT2D eigenvalue weighted by atomic mass is 16.5. The summed E-state index contributed by atoms with van der Waals surface area (Å²) in [5.74, 6) is -0.887. The first-order chi connectivity index (χ1) is 5.45. The lowest BCUT2D eigenvalue weighted by Gasteiger charge is -1.96. The molecule has 0 aromatic heterocycles. The smallest absolute Gasteiger partial charge is 0.404 e. The van der Waals surface area contributed by atoms with E-state index in [1.807, 2.05) is 6.92 Å². The van der Waals surface area contributed by atoms with Gasteiger partial charge in [0.25, 0.3) is 0 Å². The van der Waals surface area contributed by atoms with Crippen LogP contribution in [0, 0.1) is 5.92 Å². The van der Waals surface area contributed by atoms with Crippen LogP contribution in [0.3, 0.4) is 0 Å². The van der Waals surface area contributed by atoms with Gasteiger partial charge in [0.15, 0.2) is 0 Å². The van der Waals surface area contributed by atoms with Gasteiger partial charge in [-0.25, -0.2) is 4.79 Å². The summed E-state index contributed by atoms with van der Waals surface area (Å²) in [6.45, 7) is 3.56. The summed E-state index contributed by atoms with van der Waals surface area (Å²) in [6, 6.07) is 0. The molecular weight excluding hydrogens is 162 g/mol. The number of carboxylic acid groups (broad SMARTS) is 1. The van der Waals surface area contributed by atoms with Crippen molar-refractivity contribution in [3.05, 3.63) is 0 Å². The number of methoxy groups -OCH3 is 1. The Kier molecular flexibility index (Phi) is 8.72. The number of primary amides is 1. The molecule has 0 spiro atoms. The van der Waals surface area contributed by atoms with Gasteiger partial charge in [-0.2, -0.15) is 0 Å². The lowest BCUT2D eigenvalue weighted by Crippen LogP contribution is -2.08. The quantitative estimate of drug-likeness (QED) is 0.653. The van der Waals surface area contributed by atoms with Crippen LogP contribution in [0.1, 0.15) is 20.3 Å². The number of hydrogen-bond donors (Lipinski definition) is 2. The Hall–Kier alpha value is -1.26. The van der Waals surface area contributed by atoms with Crippen molar-refractivity contribution in [1.82, 2.24) is 0 Å². The predicted molar refractivity (Wildman–Crippen MR) is 43.7 cm³/mol. The molecular formula is C7H15NO4. The molecule has 0 aliphatic rings. The maximum atomic E-state index is 9.93. The first-order valence-electron chi connectivity index (χ1n) is 3.51. The molecule has 0 rings (SSSR count). The second-order valence-corrected chi connectivity index (χ2v) is 2.17. The van der Waals surface area contributed by atoms with E-state index in [2.05, 4.69) is 10.5 Å². The minimum absolute atomic E-state index is 0.181. The third-order valence-corrected chi connectivity index (χ3v) is 1.24. The van der Waals surface area contributed by atoms with Crippen molar-refractivity contribution in [2.24, 2.45) is 11.7 Å². The molecule has 12 heavy (non-hydrogen) atoms. The molecule has 0 aromatic rings. The van der Waals surface area contributed by atoms with E-state index in [1.165, 1.54) is 7.11 Å². The topological polar surface area (TPSA) is 89.6 Å². The minimum atomic E-state index is -0.745. The molecule has 0 heterocycles. The zero-order chi connectivity index (χ0) is 10.1. The summed E-state index contributed by atoms with van der Waals surface area (Å²) >= 11 is 0. The number of rotatable bonds is 2. The molecule has 0 aromatic carbocycles. The molecule has 3 N–H and O–H groups in total.